The second-order valence-corrected chi connectivity index (χ2v) is 9.65. The van der Waals surface area contributed by atoms with Crippen LogP contribution < -0.4 is 26.1 Å². The predicted molar refractivity (Wildman–Crippen MR) is 125 cm³/mol. The van der Waals surface area contributed by atoms with E-state index >= 15 is 0 Å². The molecule has 0 aliphatic rings. The van der Waals surface area contributed by atoms with Crippen molar-refractivity contribution in [3.05, 3.63) is 53.9 Å². The number of thiazole rings is 1. The lowest BCUT2D eigenvalue weighted by molar-refractivity contribution is -0.683. The number of nitrogens with zero attached hydrogens (tertiary/aromatic N) is 4. The number of benzene rings is 1. The van der Waals surface area contributed by atoms with Gasteiger partial charge in [0.05, 0.1) is 22.6 Å². The van der Waals surface area contributed by atoms with Gasteiger partial charge in [-0.15, -0.1) is 11.3 Å². The highest BCUT2D eigenvalue weighted by atomic mass is 32.2. The molecule has 2 aromatic heterocycles. The number of guanidine groups is 1. The standard InChI is InChI=1S/C19H21FN8O5S2/c20-13-8-12(35(32,33)26-17-16(18(30)31)24-10-34-17)2-3-14(13)25-15(29)9-28-7-6-27(11-28)5-1-4-23-19(21)22/h2-3,6-8,10-11,26H,1,4-5,9H2,(H5-,21,22,23,25,29,30,31)/p+1. The summed E-state index contributed by atoms with van der Waals surface area (Å²) in [6.07, 6.45) is 5.81. The molecule has 16 heteroatoms. The number of nitrogens with two attached hydrogens (primary N) is 2. The topological polar surface area (TPSA) is 199 Å². The minimum Gasteiger partial charge on any atom is -0.476 e. The monoisotopic (exact) mass is 525 g/mol. The molecule has 7 N–H and O–H groups in total. The van der Waals surface area contributed by atoms with Crippen LogP contribution in [0.4, 0.5) is 15.1 Å². The van der Waals surface area contributed by atoms with Gasteiger partial charge in [0, 0.05) is 13.0 Å². The number of amides is 1. The van der Waals surface area contributed by atoms with Gasteiger partial charge >= 0.3 is 5.97 Å². The van der Waals surface area contributed by atoms with E-state index in [0.29, 0.717) is 19.5 Å². The number of imidazole rings is 1. The third-order valence-electron chi connectivity index (χ3n) is 4.46. The molecule has 0 saturated heterocycles. The van der Waals surface area contributed by atoms with Crippen molar-refractivity contribution in [1.29, 1.82) is 0 Å². The van der Waals surface area contributed by atoms with Crippen LogP contribution in [-0.2, 0) is 27.9 Å². The summed E-state index contributed by atoms with van der Waals surface area (Å²) in [6.45, 7) is 0.983. The zero-order valence-corrected chi connectivity index (χ0v) is 19.7. The van der Waals surface area contributed by atoms with Crippen LogP contribution in [0.3, 0.4) is 0 Å². The van der Waals surface area contributed by atoms with Crippen molar-refractivity contribution in [1.82, 2.24) is 9.55 Å². The van der Waals surface area contributed by atoms with E-state index in [1.165, 1.54) is 5.51 Å². The predicted octanol–water partition coefficient (Wildman–Crippen LogP) is 0.172. The first-order chi connectivity index (χ1) is 16.5. The largest absolute Gasteiger partial charge is 0.476 e. The molecule has 0 aliphatic carbocycles. The quantitative estimate of drug-likeness (QED) is 0.101. The molecule has 0 fully saturated rings. The molecule has 13 nitrogen and oxygen atoms in total. The number of hydrogen-bond acceptors (Lipinski definition) is 7. The van der Waals surface area contributed by atoms with Crippen molar-refractivity contribution in [2.45, 2.75) is 24.4 Å². The zero-order valence-electron chi connectivity index (χ0n) is 18.1. The smallest absolute Gasteiger partial charge is 0.357 e. The van der Waals surface area contributed by atoms with Crippen LogP contribution in [0.1, 0.15) is 16.9 Å². The Balaban J connectivity index is 1.61. The summed E-state index contributed by atoms with van der Waals surface area (Å²) in [5.74, 6) is -2.90. The Morgan fingerprint density at radius 3 is 2.77 bits per heavy atom. The third-order valence-corrected chi connectivity index (χ3v) is 6.68. The summed E-state index contributed by atoms with van der Waals surface area (Å²) in [5, 5.41) is 11.2. The number of carbonyl (C=O) groups excluding carboxylic acids is 1. The molecule has 0 aliphatic heterocycles. The molecule has 0 unspecified atom stereocenters. The molecule has 0 spiro atoms. The van der Waals surface area contributed by atoms with Gasteiger partial charge < -0.3 is 21.9 Å². The number of aryl methyl sites for hydroxylation is 1. The number of carbonyl (C=O) groups is 2. The number of carboxylic acids is 1. The summed E-state index contributed by atoms with van der Waals surface area (Å²) < 4.78 is 45.1. The first kappa shape index (κ1) is 25.6. The van der Waals surface area contributed by atoms with Crippen LogP contribution in [0.15, 0.2) is 52.3 Å². The van der Waals surface area contributed by atoms with Crippen LogP contribution in [0.2, 0.25) is 0 Å². The van der Waals surface area contributed by atoms with Crippen LogP contribution in [-0.4, -0.2) is 47.5 Å². The SMILES string of the molecule is NC(N)=NCCCn1cc[n+](CC(=O)Nc2ccc(S(=O)(=O)Nc3scnc3C(=O)O)cc2F)c1. The number of sulfonamides is 1. The van der Waals surface area contributed by atoms with Crippen LogP contribution in [0.25, 0.3) is 0 Å². The minimum absolute atomic E-state index is 0.0190. The van der Waals surface area contributed by atoms with Crippen molar-refractivity contribution >= 4 is 49.9 Å². The van der Waals surface area contributed by atoms with E-state index in [9.17, 15) is 22.4 Å². The Morgan fingerprint density at radius 1 is 1.31 bits per heavy atom. The van der Waals surface area contributed by atoms with Gasteiger partial charge in [-0.2, -0.15) is 0 Å². The summed E-state index contributed by atoms with van der Waals surface area (Å²) in [4.78, 5) is 30.4. The summed E-state index contributed by atoms with van der Waals surface area (Å²) >= 11 is 0.771. The molecular weight excluding hydrogens is 503 g/mol. The first-order valence-corrected chi connectivity index (χ1v) is 12.3. The summed E-state index contributed by atoms with van der Waals surface area (Å²) in [7, 11) is -4.29. The number of aromatic nitrogens is 3. The number of aliphatic imine (C=N–C) groups is 1. The Hall–Kier alpha value is -4.05. The summed E-state index contributed by atoms with van der Waals surface area (Å²) in [6, 6.07) is 2.91. The van der Waals surface area contributed by atoms with Gasteiger partial charge in [0.15, 0.2) is 18.2 Å². The fraction of sp³-hybridized carbons (Fsp3) is 0.211. The molecular formula is C19H22FN8O5S2+. The van der Waals surface area contributed by atoms with E-state index in [1.807, 2.05) is 4.57 Å². The first-order valence-electron chi connectivity index (χ1n) is 9.94. The maximum absolute atomic E-state index is 14.5. The molecule has 0 atom stereocenters. The van der Waals surface area contributed by atoms with E-state index in [-0.39, 0.29) is 23.2 Å². The maximum Gasteiger partial charge on any atom is 0.357 e. The Morgan fingerprint density at radius 2 is 2.09 bits per heavy atom. The van der Waals surface area contributed by atoms with E-state index in [1.54, 1.807) is 23.3 Å². The van der Waals surface area contributed by atoms with Crippen molar-refractivity contribution in [2.75, 3.05) is 16.6 Å². The number of rotatable bonds is 11. The lowest BCUT2D eigenvalue weighted by Gasteiger charge is -2.09. The zero-order chi connectivity index (χ0) is 25.6. The van der Waals surface area contributed by atoms with Gasteiger partial charge in [-0.3, -0.25) is 14.5 Å². The number of carboxylic acid groups (broad SMARTS) is 1. The Kier molecular flexibility index (Phi) is 7.98. The second-order valence-electron chi connectivity index (χ2n) is 7.11. The van der Waals surface area contributed by atoms with E-state index < -0.39 is 38.3 Å². The molecule has 186 valence electrons. The van der Waals surface area contributed by atoms with Gasteiger partial charge in [-0.05, 0) is 18.2 Å². The minimum atomic E-state index is -4.29. The summed E-state index contributed by atoms with van der Waals surface area (Å²) in [5.41, 5.74) is 11.0. The molecule has 2 heterocycles. The average Bonchev–Trinajstić information content (AvgIpc) is 3.41. The van der Waals surface area contributed by atoms with Crippen LogP contribution >= 0.6 is 11.3 Å². The highest BCUT2D eigenvalue weighted by molar-refractivity contribution is 7.93. The lowest BCUT2D eigenvalue weighted by Crippen LogP contribution is -2.38. The Bertz CT molecular complexity index is 1360. The van der Waals surface area contributed by atoms with Crippen molar-refractivity contribution in [3.8, 4) is 0 Å². The fourth-order valence-corrected chi connectivity index (χ4v) is 4.90. The van der Waals surface area contributed by atoms with Gasteiger partial charge in [0.1, 0.15) is 23.2 Å². The van der Waals surface area contributed by atoms with Gasteiger partial charge in [0.2, 0.25) is 6.33 Å². The normalized spacial score (nSPS) is 11.1. The number of hydrogen-bond donors (Lipinski definition) is 5. The molecule has 35 heavy (non-hydrogen) atoms. The van der Waals surface area contributed by atoms with E-state index in [2.05, 4.69) is 20.0 Å². The van der Waals surface area contributed by atoms with Crippen LogP contribution in [0, 0.1) is 5.82 Å². The molecule has 0 bridgehead atoms. The molecule has 1 aromatic carbocycles. The van der Waals surface area contributed by atoms with E-state index in [0.717, 1.165) is 29.5 Å². The van der Waals surface area contributed by atoms with Crippen molar-refractivity contribution in [3.63, 3.8) is 0 Å². The average molecular weight is 526 g/mol. The molecule has 1 amide bonds. The maximum atomic E-state index is 14.5. The fourth-order valence-electron chi connectivity index (χ4n) is 2.90. The van der Waals surface area contributed by atoms with Crippen LogP contribution in [0.5, 0.6) is 0 Å². The highest BCUT2D eigenvalue weighted by Gasteiger charge is 2.22. The second kappa shape index (κ2) is 10.9. The molecule has 3 rings (SSSR count). The number of halogens is 1. The molecule has 0 radical (unpaired) electrons. The number of nitrogens with one attached hydrogen (secondary N) is 2. The van der Waals surface area contributed by atoms with Gasteiger partial charge in [0.25, 0.3) is 15.9 Å². The molecule has 0 saturated carbocycles. The Labute approximate surface area is 203 Å². The number of aromatic carboxylic acids is 1. The number of anilines is 2. The van der Waals surface area contributed by atoms with Crippen molar-refractivity contribution < 1.29 is 32.1 Å². The van der Waals surface area contributed by atoms with E-state index in [4.69, 9.17) is 16.6 Å². The lowest BCUT2D eigenvalue weighted by atomic mass is 10.3. The molecule has 3 aromatic rings. The van der Waals surface area contributed by atoms with Gasteiger partial charge in [-0.1, -0.05) is 0 Å². The highest BCUT2D eigenvalue weighted by Crippen LogP contribution is 2.25. The third kappa shape index (κ3) is 6.97. The van der Waals surface area contributed by atoms with Crippen molar-refractivity contribution in [2.24, 2.45) is 16.5 Å². The van der Waals surface area contributed by atoms with Gasteiger partial charge in [-0.25, -0.2) is 31.7 Å².